The number of anilines is 1. The lowest BCUT2D eigenvalue weighted by atomic mass is 9.85. The molecule has 1 aromatic rings. The van der Waals surface area contributed by atoms with Crippen LogP contribution in [0.1, 0.15) is 5.56 Å². The number of hydrogen-bond donors (Lipinski definition) is 1. The summed E-state index contributed by atoms with van der Waals surface area (Å²) in [5, 5.41) is 9.41. The van der Waals surface area contributed by atoms with E-state index >= 15 is 0 Å². The van der Waals surface area contributed by atoms with E-state index in [0.717, 1.165) is 23.4 Å². The Morgan fingerprint density at radius 1 is 1.47 bits per heavy atom. The molecular formula is C14H17NO4. The Morgan fingerprint density at radius 2 is 2.26 bits per heavy atom. The maximum Gasteiger partial charge on any atom is 0.239 e. The number of carbonyl (C=O) groups excluding carboxylic acids is 1. The summed E-state index contributed by atoms with van der Waals surface area (Å²) in [5.74, 6) is 0.800. The Hall–Kier alpha value is -1.59. The minimum atomic E-state index is -0.760. The van der Waals surface area contributed by atoms with Crippen molar-refractivity contribution >= 4 is 11.6 Å². The van der Waals surface area contributed by atoms with Crippen molar-refractivity contribution in [3.63, 3.8) is 0 Å². The Balaban J connectivity index is 1.83. The number of benzene rings is 1. The fourth-order valence-corrected chi connectivity index (χ4v) is 2.49. The van der Waals surface area contributed by atoms with Gasteiger partial charge >= 0.3 is 0 Å². The summed E-state index contributed by atoms with van der Waals surface area (Å²) in [6, 6.07) is 5.74. The number of fused-ring (bicyclic) bond motifs is 1. The van der Waals surface area contributed by atoms with Crippen molar-refractivity contribution in [2.24, 2.45) is 5.41 Å². The molecule has 0 aliphatic carbocycles. The van der Waals surface area contributed by atoms with Crippen LogP contribution < -0.4 is 9.64 Å². The van der Waals surface area contributed by atoms with Crippen molar-refractivity contribution in [2.75, 3.05) is 38.4 Å². The van der Waals surface area contributed by atoms with Crippen molar-refractivity contribution < 1.29 is 19.4 Å². The van der Waals surface area contributed by atoms with Gasteiger partial charge in [-0.1, -0.05) is 0 Å². The number of amides is 1. The van der Waals surface area contributed by atoms with Crippen LogP contribution in [0, 0.1) is 5.41 Å². The third-order valence-corrected chi connectivity index (χ3v) is 3.88. The van der Waals surface area contributed by atoms with Gasteiger partial charge in [-0.15, -0.1) is 0 Å². The predicted molar refractivity (Wildman–Crippen MR) is 69.4 cm³/mol. The van der Waals surface area contributed by atoms with Crippen molar-refractivity contribution in [1.29, 1.82) is 0 Å². The van der Waals surface area contributed by atoms with E-state index < -0.39 is 5.41 Å². The van der Waals surface area contributed by atoms with Crippen LogP contribution in [-0.4, -0.2) is 44.5 Å². The molecule has 2 aliphatic heterocycles. The average Bonchev–Trinajstić information content (AvgIpc) is 2.84. The van der Waals surface area contributed by atoms with E-state index in [2.05, 4.69) is 0 Å². The van der Waals surface area contributed by atoms with Crippen LogP contribution in [0.5, 0.6) is 5.75 Å². The van der Waals surface area contributed by atoms with Crippen LogP contribution in [0.25, 0.3) is 0 Å². The largest absolute Gasteiger partial charge is 0.493 e. The molecule has 1 N–H and O–H groups in total. The van der Waals surface area contributed by atoms with E-state index in [9.17, 15) is 9.90 Å². The molecule has 1 amide bonds. The highest BCUT2D eigenvalue weighted by molar-refractivity contribution is 5.98. The quantitative estimate of drug-likeness (QED) is 0.867. The van der Waals surface area contributed by atoms with E-state index in [1.165, 1.54) is 0 Å². The molecule has 1 fully saturated rings. The summed E-state index contributed by atoms with van der Waals surface area (Å²) >= 11 is 0. The molecule has 19 heavy (non-hydrogen) atoms. The summed E-state index contributed by atoms with van der Waals surface area (Å²) in [6.45, 7) is 1.11. The number of nitrogens with zero attached hydrogens (tertiary/aromatic N) is 1. The smallest absolute Gasteiger partial charge is 0.239 e. The zero-order valence-corrected chi connectivity index (χ0v) is 10.9. The van der Waals surface area contributed by atoms with E-state index in [0.29, 0.717) is 19.8 Å². The lowest BCUT2D eigenvalue weighted by molar-refractivity contribution is -0.166. The first kappa shape index (κ1) is 12.4. The fourth-order valence-electron chi connectivity index (χ4n) is 2.49. The predicted octanol–water partition coefficient (Wildman–Crippen LogP) is 0.593. The lowest BCUT2D eigenvalue weighted by Crippen LogP contribution is -2.56. The van der Waals surface area contributed by atoms with Gasteiger partial charge in [0.2, 0.25) is 5.91 Å². The molecule has 0 saturated carbocycles. The molecule has 0 aromatic heterocycles. The van der Waals surface area contributed by atoms with Crippen molar-refractivity contribution in [2.45, 2.75) is 6.42 Å². The molecule has 0 unspecified atom stereocenters. The van der Waals surface area contributed by atoms with Crippen molar-refractivity contribution in [3.05, 3.63) is 23.8 Å². The molecule has 102 valence electrons. The summed E-state index contributed by atoms with van der Waals surface area (Å²) < 4.78 is 10.5. The molecule has 2 aliphatic rings. The van der Waals surface area contributed by atoms with Crippen LogP contribution in [0.2, 0.25) is 0 Å². The third kappa shape index (κ3) is 1.89. The highest BCUT2D eigenvalue weighted by Gasteiger charge is 2.47. The average molecular weight is 263 g/mol. The second-order valence-electron chi connectivity index (χ2n) is 5.19. The van der Waals surface area contributed by atoms with Crippen LogP contribution in [-0.2, 0) is 16.0 Å². The van der Waals surface area contributed by atoms with Gasteiger partial charge in [0.1, 0.15) is 11.2 Å². The highest BCUT2D eigenvalue weighted by atomic mass is 16.5. The lowest BCUT2D eigenvalue weighted by Gasteiger charge is -2.40. The monoisotopic (exact) mass is 263 g/mol. The maximum atomic E-state index is 12.4. The van der Waals surface area contributed by atoms with E-state index in [1.807, 2.05) is 18.2 Å². The van der Waals surface area contributed by atoms with E-state index in [-0.39, 0.29) is 12.5 Å². The van der Waals surface area contributed by atoms with Gasteiger partial charge in [0.05, 0.1) is 26.4 Å². The maximum absolute atomic E-state index is 12.4. The van der Waals surface area contributed by atoms with Crippen LogP contribution in [0.15, 0.2) is 18.2 Å². The molecule has 0 atom stereocenters. The molecule has 1 aromatic carbocycles. The molecular weight excluding hydrogens is 246 g/mol. The SMILES string of the molecule is CN(C(=O)C1(CO)COC1)c1ccc2c(c1)CCO2. The molecule has 0 radical (unpaired) electrons. The number of carbonyl (C=O) groups is 1. The Morgan fingerprint density at radius 3 is 2.89 bits per heavy atom. The summed E-state index contributed by atoms with van der Waals surface area (Å²) in [5.41, 5.74) is 1.19. The molecule has 5 nitrogen and oxygen atoms in total. The number of hydrogen-bond acceptors (Lipinski definition) is 4. The second kappa shape index (κ2) is 4.51. The summed E-state index contributed by atoms with van der Waals surface area (Å²) in [7, 11) is 1.73. The van der Waals surface area contributed by atoms with Gasteiger partial charge in [0, 0.05) is 19.2 Å². The van der Waals surface area contributed by atoms with Gasteiger partial charge in [-0.25, -0.2) is 0 Å². The van der Waals surface area contributed by atoms with Gasteiger partial charge in [0.15, 0.2) is 0 Å². The van der Waals surface area contributed by atoms with Crippen LogP contribution >= 0.6 is 0 Å². The van der Waals surface area contributed by atoms with Gasteiger partial charge < -0.3 is 19.5 Å². The first-order valence-electron chi connectivity index (χ1n) is 6.39. The standard InChI is InChI=1S/C14H17NO4/c1-15(13(17)14(7-16)8-18-9-14)11-2-3-12-10(6-11)4-5-19-12/h2-3,6,16H,4-5,7-9H2,1H3. The van der Waals surface area contributed by atoms with Crippen molar-refractivity contribution in [1.82, 2.24) is 0 Å². The Kier molecular flexibility index (Phi) is 2.95. The Labute approximate surface area is 111 Å². The van der Waals surface area contributed by atoms with Crippen LogP contribution in [0.3, 0.4) is 0 Å². The number of rotatable bonds is 3. The normalized spacial score (nSPS) is 19.3. The van der Waals surface area contributed by atoms with E-state index in [4.69, 9.17) is 9.47 Å². The minimum Gasteiger partial charge on any atom is -0.493 e. The summed E-state index contributed by atoms with van der Waals surface area (Å²) in [6.07, 6.45) is 0.874. The Bertz CT molecular complexity index is 505. The van der Waals surface area contributed by atoms with Gasteiger partial charge in [-0.05, 0) is 23.8 Å². The first-order valence-corrected chi connectivity index (χ1v) is 6.39. The highest BCUT2D eigenvalue weighted by Crippen LogP contribution is 2.33. The molecule has 1 saturated heterocycles. The van der Waals surface area contributed by atoms with Crippen molar-refractivity contribution in [3.8, 4) is 5.75 Å². The number of aliphatic hydroxyl groups excluding tert-OH is 1. The second-order valence-corrected chi connectivity index (χ2v) is 5.19. The number of ether oxygens (including phenoxy) is 2. The van der Waals surface area contributed by atoms with Gasteiger partial charge in [-0.2, -0.15) is 0 Å². The van der Waals surface area contributed by atoms with E-state index in [1.54, 1.807) is 11.9 Å². The molecule has 3 rings (SSSR count). The third-order valence-electron chi connectivity index (χ3n) is 3.88. The van der Waals surface area contributed by atoms with Gasteiger partial charge in [0.25, 0.3) is 0 Å². The topological polar surface area (TPSA) is 59.0 Å². The summed E-state index contributed by atoms with van der Waals surface area (Å²) in [4.78, 5) is 14.0. The fraction of sp³-hybridized carbons (Fsp3) is 0.500. The van der Waals surface area contributed by atoms with Gasteiger partial charge in [-0.3, -0.25) is 4.79 Å². The molecule has 5 heteroatoms. The minimum absolute atomic E-state index is 0.0971. The molecule has 0 spiro atoms. The number of aliphatic hydroxyl groups is 1. The molecule has 2 heterocycles. The first-order chi connectivity index (χ1) is 9.16. The zero-order valence-electron chi connectivity index (χ0n) is 10.9. The van der Waals surface area contributed by atoms with Crippen LogP contribution in [0.4, 0.5) is 5.69 Å². The molecule has 0 bridgehead atoms. The zero-order chi connectivity index (χ0) is 13.5.